The molecular weight excluding hydrogens is 198 g/mol. The van der Waals surface area contributed by atoms with Crippen molar-refractivity contribution in [2.24, 2.45) is 5.92 Å². The summed E-state index contributed by atoms with van der Waals surface area (Å²) < 4.78 is 0. The highest BCUT2D eigenvalue weighted by atomic mass is 32.1. The molecule has 0 bridgehead atoms. The average molecular weight is 211 g/mol. The van der Waals surface area contributed by atoms with Crippen molar-refractivity contribution < 1.29 is 9.90 Å². The topological polar surface area (TPSA) is 40.5 Å². The van der Waals surface area contributed by atoms with Gasteiger partial charge in [0, 0.05) is 30.1 Å². The van der Waals surface area contributed by atoms with Crippen LogP contribution in [0.15, 0.2) is 11.4 Å². The number of nitrogens with zero attached hydrogens (tertiary/aromatic N) is 1. The highest BCUT2D eigenvalue weighted by molar-refractivity contribution is 7.12. The summed E-state index contributed by atoms with van der Waals surface area (Å²) in [6.45, 7) is 3.62. The molecule has 0 aliphatic carbocycles. The summed E-state index contributed by atoms with van der Waals surface area (Å²) >= 11 is 1.46. The van der Waals surface area contributed by atoms with Gasteiger partial charge in [0.2, 0.25) is 0 Å². The Morgan fingerprint density at radius 1 is 1.71 bits per heavy atom. The molecule has 1 aromatic rings. The first-order valence-corrected chi connectivity index (χ1v) is 5.55. The Balaban J connectivity index is 1.96. The van der Waals surface area contributed by atoms with E-state index in [1.54, 1.807) is 0 Å². The van der Waals surface area contributed by atoms with E-state index in [2.05, 4.69) is 4.90 Å². The third-order valence-electron chi connectivity index (χ3n) is 2.68. The molecule has 1 fully saturated rings. The summed E-state index contributed by atoms with van der Waals surface area (Å²) in [4.78, 5) is 13.4. The van der Waals surface area contributed by atoms with Gasteiger partial charge in [-0.15, -0.1) is 11.3 Å². The van der Waals surface area contributed by atoms with Crippen LogP contribution < -0.4 is 4.90 Å². The fraction of sp³-hybridized carbons (Fsp3) is 0.500. The lowest BCUT2D eigenvalue weighted by atomic mass is 9.94. The molecule has 3 nitrogen and oxygen atoms in total. The second-order valence-corrected chi connectivity index (χ2v) is 4.67. The average Bonchev–Trinajstić information content (AvgIpc) is 2.49. The Morgan fingerprint density at radius 2 is 2.43 bits per heavy atom. The highest BCUT2D eigenvalue weighted by Gasteiger charge is 2.30. The predicted molar refractivity (Wildman–Crippen MR) is 57.1 cm³/mol. The molecule has 1 saturated heterocycles. The number of carbonyl (C=O) groups excluding carboxylic acids is 1. The zero-order valence-corrected chi connectivity index (χ0v) is 8.83. The number of rotatable bonds is 3. The van der Waals surface area contributed by atoms with E-state index >= 15 is 0 Å². The van der Waals surface area contributed by atoms with Crippen molar-refractivity contribution in [3.63, 3.8) is 0 Å². The molecule has 1 N–H and O–H groups in total. The lowest BCUT2D eigenvalue weighted by Crippen LogP contribution is -2.51. The smallest absolute Gasteiger partial charge is 0.160 e. The van der Waals surface area contributed by atoms with Crippen molar-refractivity contribution in [2.45, 2.75) is 13.0 Å². The molecule has 1 aliphatic heterocycles. The van der Waals surface area contributed by atoms with E-state index in [0.717, 1.165) is 29.9 Å². The summed E-state index contributed by atoms with van der Waals surface area (Å²) in [6.07, 6.45) is 0.649. The van der Waals surface area contributed by atoms with Crippen molar-refractivity contribution in [3.05, 3.63) is 16.3 Å². The van der Waals surface area contributed by atoms with E-state index in [-0.39, 0.29) is 6.10 Å². The summed E-state index contributed by atoms with van der Waals surface area (Å²) in [5.41, 5.74) is 1.11. The second-order valence-electron chi connectivity index (χ2n) is 3.73. The first-order valence-electron chi connectivity index (χ1n) is 4.67. The van der Waals surface area contributed by atoms with E-state index in [1.165, 1.54) is 11.3 Å². The molecule has 1 aliphatic rings. The maximum atomic E-state index is 10.5. The van der Waals surface area contributed by atoms with Crippen LogP contribution in [-0.2, 0) is 0 Å². The molecule has 4 heteroatoms. The molecule has 14 heavy (non-hydrogen) atoms. The van der Waals surface area contributed by atoms with Gasteiger partial charge < -0.3 is 10.0 Å². The van der Waals surface area contributed by atoms with Gasteiger partial charge in [0.1, 0.15) is 0 Å². The Hall–Kier alpha value is -0.870. The van der Waals surface area contributed by atoms with E-state index in [9.17, 15) is 9.90 Å². The van der Waals surface area contributed by atoms with Crippen LogP contribution in [-0.4, -0.2) is 30.6 Å². The molecule has 0 radical (unpaired) electrons. The SMILES string of the molecule is C[C@@H](O)C1CN(c2csc(C=O)c2)C1. The zero-order chi connectivity index (χ0) is 10.1. The molecule has 2 rings (SSSR count). The van der Waals surface area contributed by atoms with Crippen LogP contribution in [0.2, 0.25) is 0 Å². The maximum Gasteiger partial charge on any atom is 0.160 e. The van der Waals surface area contributed by atoms with Crippen LogP contribution >= 0.6 is 11.3 Å². The summed E-state index contributed by atoms with van der Waals surface area (Å²) in [5, 5.41) is 11.3. The normalized spacial score (nSPS) is 19.1. The Morgan fingerprint density at radius 3 is 2.93 bits per heavy atom. The first kappa shape index (κ1) is 9.68. The van der Waals surface area contributed by atoms with Gasteiger partial charge in [-0.25, -0.2) is 0 Å². The molecule has 0 spiro atoms. The molecule has 0 aromatic carbocycles. The summed E-state index contributed by atoms with van der Waals surface area (Å²) in [6, 6.07) is 1.90. The molecule has 0 amide bonds. The third-order valence-corrected chi connectivity index (χ3v) is 3.52. The summed E-state index contributed by atoms with van der Waals surface area (Å²) in [5.74, 6) is 0.384. The second kappa shape index (κ2) is 3.71. The molecule has 0 unspecified atom stereocenters. The molecule has 1 aromatic heterocycles. The van der Waals surface area contributed by atoms with E-state index in [1.807, 2.05) is 18.4 Å². The third kappa shape index (κ3) is 1.67. The first-order chi connectivity index (χ1) is 6.70. The van der Waals surface area contributed by atoms with Crippen molar-refractivity contribution >= 4 is 23.3 Å². The van der Waals surface area contributed by atoms with Crippen molar-refractivity contribution in [1.29, 1.82) is 0 Å². The minimum absolute atomic E-state index is 0.226. The quantitative estimate of drug-likeness (QED) is 0.768. The van der Waals surface area contributed by atoms with Crippen LogP contribution in [0.1, 0.15) is 16.6 Å². The van der Waals surface area contributed by atoms with Crippen LogP contribution in [0.25, 0.3) is 0 Å². The van der Waals surface area contributed by atoms with Crippen LogP contribution in [0.4, 0.5) is 5.69 Å². The lowest BCUT2D eigenvalue weighted by molar-refractivity contribution is 0.107. The molecular formula is C10H13NO2S. The van der Waals surface area contributed by atoms with Gasteiger partial charge >= 0.3 is 0 Å². The Labute approximate surface area is 87.0 Å². The van der Waals surface area contributed by atoms with Gasteiger partial charge in [-0.2, -0.15) is 0 Å². The predicted octanol–water partition coefficient (Wildman–Crippen LogP) is 1.38. The molecule has 76 valence electrons. The zero-order valence-electron chi connectivity index (χ0n) is 8.01. The van der Waals surface area contributed by atoms with Gasteiger partial charge in [0.25, 0.3) is 0 Å². The van der Waals surface area contributed by atoms with Crippen molar-refractivity contribution in [3.8, 4) is 0 Å². The fourth-order valence-electron chi connectivity index (χ4n) is 1.60. The van der Waals surface area contributed by atoms with E-state index in [0.29, 0.717) is 5.92 Å². The monoisotopic (exact) mass is 211 g/mol. The Kier molecular flexibility index (Phi) is 2.56. The van der Waals surface area contributed by atoms with Gasteiger partial charge in [-0.1, -0.05) is 0 Å². The number of aldehydes is 1. The van der Waals surface area contributed by atoms with Gasteiger partial charge in [-0.05, 0) is 13.0 Å². The number of carbonyl (C=O) groups is 1. The number of thiophene rings is 1. The molecule has 1 atom stereocenters. The van der Waals surface area contributed by atoms with Crippen LogP contribution in [0, 0.1) is 5.92 Å². The van der Waals surface area contributed by atoms with Crippen molar-refractivity contribution in [2.75, 3.05) is 18.0 Å². The number of anilines is 1. The Bertz CT molecular complexity index is 329. The van der Waals surface area contributed by atoms with E-state index < -0.39 is 0 Å². The van der Waals surface area contributed by atoms with Gasteiger partial charge in [-0.3, -0.25) is 4.79 Å². The molecule has 0 saturated carbocycles. The van der Waals surface area contributed by atoms with Crippen molar-refractivity contribution in [1.82, 2.24) is 0 Å². The minimum atomic E-state index is -0.226. The van der Waals surface area contributed by atoms with Gasteiger partial charge in [0.15, 0.2) is 6.29 Å². The van der Waals surface area contributed by atoms with Gasteiger partial charge in [0.05, 0.1) is 11.0 Å². The molecule has 2 heterocycles. The maximum absolute atomic E-state index is 10.5. The van der Waals surface area contributed by atoms with Crippen LogP contribution in [0.5, 0.6) is 0 Å². The fourth-order valence-corrected chi connectivity index (χ4v) is 2.32. The van der Waals surface area contributed by atoms with E-state index in [4.69, 9.17) is 0 Å². The number of aliphatic hydroxyl groups is 1. The standard InChI is InChI=1S/C10H13NO2S/c1-7(13)8-3-11(4-8)9-2-10(5-12)14-6-9/h2,5-8,13H,3-4H2,1H3/t7-/m1/s1. The minimum Gasteiger partial charge on any atom is -0.393 e. The lowest BCUT2D eigenvalue weighted by Gasteiger charge is -2.41. The number of hydrogen-bond acceptors (Lipinski definition) is 4. The highest BCUT2D eigenvalue weighted by Crippen LogP contribution is 2.29. The van der Waals surface area contributed by atoms with Crippen LogP contribution in [0.3, 0.4) is 0 Å². The summed E-state index contributed by atoms with van der Waals surface area (Å²) in [7, 11) is 0. The number of hydrogen-bond donors (Lipinski definition) is 1. The number of aliphatic hydroxyl groups excluding tert-OH is 1. The largest absolute Gasteiger partial charge is 0.393 e.